The minimum absolute atomic E-state index is 0.134. The normalized spacial score (nSPS) is 22.8. The monoisotopic (exact) mass is 324 g/mol. The molecule has 104 valence electrons. The number of carbonyl (C=O) groups excluding carboxylic acids is 1. The Morgan fingerprint density at radius 1 is 1.47 bits per heavy atom. The number of rotatable bonds is 4. The van der Waals surface area contributed by atoms with E-state index in [1.165, 1.54) is 5.56 Å². The number of nitrogens with zero attached hydrogens (tertiary/aromatic N) is 1. The van der Waals surface area contributed by atoms with E-state index >= 15 is 0 Å². The molecule has 3 nitrogen and oxygen atoms in total. The Labute approximate surface area is 123 Å². The third-order valence-corrected chi connectivity index (χ3v) is 4.83. The largest absolute Gasteiger partial charge is 0.336 e. The molecule has 1 atom stereocenters. The third kappa shape index (κ3) is 3.18. The van der Waals surface area contributed by atoms with Gasteiger partial charge in [0.2, 0.25) is 5.91 Å². The lowest BCUT2D eigenvalue weighted by Gasteiger charge is -2.34. The first kappa shape index (κ1) is 14.5. The smallest absolute Gasteiger partial charge is 0.223 e. The van der Waals surface area contributed by atoms with Crippen LogP contribution in [0.3, 0.4) is 0 Å². The third-order valence-electron chi connectivity index (χ3n) is 4.06. The van der Waals surface area contributed by atoms with Crippen molar-refractivity contribution in [1.29, 1.82) is 0 Å². The molecular weight excluding hydrogens is 304 g/mol. The van der Waals surface area contributed by atoms with Gasteiger partial charge in [-0.05, 0) is 37.8 Å². The number of aryl methyl sites for hydroxylation is 1. The number of amides is 1. The highest BCUT2D eigenvalue weighted by Gasteiger charge is 2.37. The first-order chi connectivity index (χ1) is 9.07. The molecule has 0 spiro atoms. The van der Waals surface area contributed by atoms with Gasteiger partial charge >= 0.3 is 0 Å². The molecule has 1 amide bonds. The van der Waals surface area contributed by atoms with Crippen LogP contribution >= 0.6 is 15.9 Å². The van der Waals surface area contributed by atoms with Gasteiger partial charge in [0.15, 0.2) is 0 Å². The van der Waals surface area contributed by atoms with Gasteiger partial charge in [0.25, 0.3) is 0 Å². The van der Waals surface area contributed by atoms with Crippen molar-refractivity contribution in [3.8, 4) is 0 Å². The lowest BCUT2D eigenvalue weighted by molar-refractivity contribution is -0.134. The molecule has 1 aliphatic rings. The second-order valence-electron chi connectivity index (χ2n) is 5.44. The Balaban J connectivity index is 1.97. The summed E-state index contributed by atoms with van der Waals surface area (Å²) in [7, 11) is 0. The summed E-state index contributed by atoms with van der Waals surface area (Å²) < 4.78 is 1.07. The summed E-state index contributed by atoms with van der Waals surface area (Å²) in [4.78, 5) is 14.3. The Hall–Kier alpha value is -0.870. The Kier molecular flexibility index (Phi) is 4.63. The van der Waals surface area contributed by atoms with Gasteiger partial charge in [0.1, 0.15) is 0 Å². The van der Waals surface area contributed by atoms with Crippen molar-refractivity contribution < 1.29 is 4.79 Å². The maximum absolute atomic E-state index is 12.4. The van der Waals surface area contributed by atoms with Gasteiger partial charge in [0.05, 0.1) is 5.54 Å². The maximum atomic E-state index is 12.4. The average molecular weight is 325 g/mol. The second kappa shape index (κ2) is 6.06. The van der Waals surface area contributed by atoms with E-state index in [0.717, 1.165) is 30.3 Å². The van der Waals surface area contributed by atoms with Crippen molar-refractivity contribution in [2.75, 3.05) is 13.1 Å². The molecule has 1 unspecified atom stereocenters. The van der Waals surface area contributed by atoms with Crippen molar-refractivity contribution in [2.45, 2.75) is 38.1 Å². The van der Waals surface area contributed by atoms with Crippen LogP contribution in [0.1, 0.15) is 31.7 Å². The van der Waals surface area contributed by atoms with E-state index in [4.69, 9.17) is 5.73 Å². The first-order valence-corrected chi connectivity index (χ1v) is 7.60. The number of halogens is 1. The van der Waals surface area contributed by atoms with Crippen LogP contribution in [0.2, 0.25) is 0 Å². The number of hydrogen-bond acceptors (Lipinski definition) is 2. The molecule has 0 aliphatic carbocycles. The van der Waals surface area contributed by atoms with Gasteiger partial charge in [-0.1, -0.05) is 34.1 Å². The first-order valence-electron chi connectivity index (χ1n) is 6.81. The predicted octanol–water partition coefficient (Wildman–Crippen LogP) is 2.72. The zero-order chi connectivity index (χ0) is 13.9. The van der Waals surface area contributed by atoms with Crippen molar-refractivity contribution in [1.82, 2.24) is 4.90 Å². The van der Waals surface area contributed by atoms with Crippen LogP contribution < -0.4 is 5.73 Å². The summed E-state index contributed by atoms with van der Waals surface area (Å²) >= 11 is 3.52. The topological polar surface area (TPSA) is 46.3 Å². The molecule has 1 aromatic rings. The van der Waals surface area contributed by atoms with Gasteiger partial charge in [-0.2, -0.15) is 0 Å². The van der Waals surface area contributed by atoms with Crippen molar-refractivity contribution >= 4 is 21.8 Å². The number of benzene rings is 1. The minimum atomic E-state index is -0.134. The zero-order valence-electron chi connectivity index (χ0n) is 11.4. The molecule has 0 saturated carbocycles. The molecule has 1 heterocycles. The predicted molar refractivity (Wildman–Crippen MR) is 80.9 cm³/mol. The Morgan fingerprint density at radius 2 is 2.21 bits per heavy atom. The van der Waals surface area contributed by atoms with E-state index in [-0.39, 0.29) is 11.4 Å². The zero-order valence-corrected chi connectivity index (χ0v) is 12.9. The molecule has 1 fully saturated rings. The highest BCUT2D eigenvalue weighted by Crippen LogP contribution is 2.29. The molecule has 0 bridgehead atoms. The Morgan fingerprint density at radius 3 is 2.89 bits per heavy atom. The van der Waals surface area contributed by atoms with Crippen LogP contribution in [-0.4, -0.2) is 29.4 Å². The van der Waals surface area contributed by atoms with Crippen molar-refractivity contribution in [2.24, 2.45) is 5.73 Å². The van der Waals surface area contributed by atoms with Gasteiger partial charge < -0.3 is 10.6 Å². The highest BCUT2D eigenvalue weighted by atomic mass is 79.9. The van der Waals surface area contributed by atoms with E-state index in [1.54, 1.807) is 0 Å². The molecule has 2 N–H and O–H groups in total. The minimum Gasteiger partial charge on any atom is -0.336 e. The van der Waals surface area contributed by atoms with Crippen LogP contribution in [0.4, 0.5) is 0 Å². The van der Waals surface area contributed by atoms with Crippen LogP contribution in [-0.2, 0) is 11.2 Å². The van der Waals surface area contributed by atoms with E-state index < -0.39 is 0 Å². The van der Waals surface area contributed by atoms with Crippen LogP contribution in [0.25, 0.3) is 0 Å². The molecule has 1 aliphatic heterocycles. The highest BCUT2D eigenvalue weighted by molar-refractivity contribution is 9.10. The number of nitrogens with two attached hydrogens (primary N) is 1. The fraction of sp³-hybridized carbons (Fsp3) is 0.533. The number of carbonyl (C=O) groups is 1. The maximum Gasteiger partial charge on any atom is 0.223 e. The fourth-order valence-corrected chi connectivity index (χ4v) is 3.22. The van der Waals surface area contributed by atoms with Gasteiger partial charge in [-0.25, -0.2) is 0 Å². The molecule has 0 aromatic heterocycles. The molecule has 19 heavy (non-hydrogen) atoms. The summed E-state index contributed by atoms with van der Waals surface area (Å²) in [5.74, 6) is 0.223. The van der Waals surface area contributed by atoms with Crippen LogP contribution in [0, 0.1) is 0 Å². The van der Waals surface area contributed by atoms with E-state index in [1.807, 2.05) is 23.1 Å². The molecule has 1 aromatic carbocycles. The second-order valence-corrected chi connectivity index (χ2v) is 6.30. The van der Waals surface area contributed by atoms with Crippen molar-refractivity contribution in [3.63, 3.8) is 0 Å². The molecule has 4 heteroatoms. The SMILES string of the molecule is CC1(CN)CCCN1C(=O)CCc1ccccc1Br. The fourth-order valence-electron chi connectivity index (χ4n) is 2.74. The quantitative estimate of drug-likeness (QED) is 0.925. The standard InChI is InChI=1S/C15H21BrN2O/c1-15(11-17)9-4-10-18(15)14(19)8-7-12-5-2-3-6-13(12)16/h2-3,5-6H,4,7-11,17H2,1H3. The van der Waals surface area contributed by atoms with Gasteiger partial charge in [-0.15, -0.1) is 0 Å². The van der Waals surface area contributed by atoms with E-state index in [0.29, 0.717) is 13.0 Å². The molecule has 1 saturated heterocycles. The summed E-state index contributed by atoms with van der Waals surface area (Å²) in [6, 6.07) is 8.06. The molecule has 0 radical (unpaired) electrons. The van der Waals surface area contributed by atoms with E-state index in [9.17, 15) is 4.79 Å². The molecular formula is C15H21BrN2O. The van der Waals surface area contributed by atoms with Crippen LogP contribution in [0.5, 0.6) is 0 Å². The average Bonchev–Trinajstić information content (AvgIpc) is 2.80. The van der Waals surface area contributed by atoms with E-state index in [2.05, 4.69) is 28.9 Å². The lowest BCUT2D eigenvalue weighted by atomic mass is 9.98. The van der Waals surface area contributed by atoms with Gasteiger partial charge in [-0.3, -0.25) is 4.79 Å². The summed E-state index contributed by atoms with van der Waals surface area (Å²) in [6.07, 6.45) is 3.41. The van der Waals surface area contributed by atoms with Crippen molar-refractivity contribution in [3.05, 3.63) is 34.3 Å². The summed E-state index contributed by atoms with van der Waals surface area (Å²) in [5, 5.41) is 0. The molecule has 2 rings (SSSR count). The van der Waals surface area contributed by atoms with Crippen LogP contribution in [0.15, 0.2) is 28.7 Å². The Bertz CT molecular complexity index is 463. The lowest BCUT2D eigenvalue weighted by Crippen LogP contribution is -2.50. The summed E-state index contributed by atoms with van der Waals surface area (Å²) in [6.45, 7) is 3.49. The van der Waals surface area contributed by atoms with Gasteiger partial charge in [0, 0.05) is 24.0 Å². The number of hydrogen-bond donors (Lipinski definition) is 1. The number of likely N-dealkylation sites (tertiary alicyclic amines) is 1. The summed E-state index contributed by atoms with van der Waals surface area (Å²) in [5.41, 5.74) is 6.88.